The van der Waals surface area contributed by atoms with Crippen LogP contribution < -0.4 is 0 Å². The lowest BCUT2D eigenvalue weighted by Crippen LogP contribution is -2.23. The number of aromatic nitrogens is 4. The molecule has 0 spiro atoms. The van der Waals surface area contributed by atoms with Crippen molar-refractivity contribution in [3.63, 3.8) is 0 Å². The standard InChI is InChI=1S/C12H12F2N4O3/c1-21-8(5-11(19)20)6-18-12(15-16-17-18)9-3-2-7(13)4-10(9)14/h2-4,8H,5-6H2,1H3,(H,19,20). The Kier molecular flexibility index (Phi) is 4.53. The van der Waals surface area contributed by atoms with Gasteiger partial charge in [0.15, 0.2) is 5.82 Å². The Morgan fingerprint density at radius 2 is 2.24 bits per heavy atom. The zero-order valence-corrected chi connectivity index (χ0v) is 11.0. The van der Waals surface area contributed by atoms with Crippen molar-refractivity contribution in [1.29, 1.82) is 0 Å². The fourth-order valence-electron chi connectivity index (χ4n) is 1.80. The smallest absolute Gasteiger partial charge is 0.306 e. The molecule has 2 rings (SSSR count). The summed E-state index contributed by atoms with van der Waals surface area (Å²) in [6.07, 6.45) is -0.921. The van der Waals surface area contributed by atoms with Crippen molar-refractivity contribution >= 4 is 5.97 Å². The number of carbonyl (C=O) groups is 1. The van der Waals surface area contributed by atoms with Crippen LogP contribution in [-0.4, -0.2) is 44.5 Å². The SMILES string of the molecule is COC(CC(=O)O)Cn1nnnc1-c1ccc(F)cc1F. The molecular formula is C12H12F2N4O3. The number of nitrogens with zero attached hydrogens (tertiary/aromatic N) is 4. The van der Waals surface area contributed by atoms with Crippen molar-refractivity contribution in [2.24, 2.45) is 0 Å². The van der Waals surface area contributed by atoms with Crippen molar-refractivity contribution in [3.8, 4) is 11.4 Å². The molecule has 1 heterocycles. The van der Waals surface area contributed by atoms with Crippen LogP contribution in [0, 0.1) is 11.6 Å². The number of hydrogen-bond donors (Lipinski definition) is 1. The monoisotopic (exact) mass is 298 g/mol. The number of rotatable bonds is 6. The Labute approximate surface area is 118 Å². The molecule has 7 nitrogen and oxygen atoms in total. The first-order chi connectivity index (χ1) is 10.0. The first-order valence-corrected chi connectivity index (χ1v) is 5.97. The minimum Gasteiger partial charge on any atom is -0.481 e. The van der Waals surface area contributed by atoms with Crippen molar-refractivity contribution < 1.29 is 23.4 Å². The molecule has 0 amide bonds. The number of methoxy groups -OCH3 is 1. The van der Waals surface area contributed by atoms with Crippen molar-refractivity contribution in [3.05, 3.63) is 29.8 Å². The summed E-state index contributed by atoms with van der Waals surface area (Å²) >= 11 is 0. The van der Waals surface area contributed by atoms with Crippen LogP contribution in [-0.2, 0) is 16.1 Å². The van der Waals surface area contributed by atoms with Gasteiger partial charge in [-0.3, -0.25) is 4.79 Å². The highest BCUT2D eigenvalue weighted by molar-refractivity contribution is 5.67. The van der Waals surface area contributed by atoms with E-state index in [2.05, 4.69) is 15.5 Å². The van der Waals surface area contributed by atoms with E-state index in [1.807, 2.05) is 0 Å². The molecular weight excluding hydrogens is 286 g/mol. The van der Waals surface area contributed by atoms with Gasteiger partial charge >= 0.3 is 5.97 Å². The molecule has 9 heteroatoms. The third-order valence-corrected chi connectivity index (χ3v) is 2.82. The van der Waals surface area contributed by atoms with E-state index in [9.17, 15) is 13.6 Å². The lowest BCUT2D eigenvalue weighted by Gasteiger charge is -2.13. The average molecular weight is 298 g/mol. The van der Waals surface area contributed by atoms with Crippen LogP contribution in [0.1, 0.15) is 6.42 Å². The molecule has 1 aromatic carbocycles. The molecule has 2 aromatic rings. The molecule has 1 N–H and O–H groups in total. The van der Waals surface area contributed by atoms with E-state index >= 15 is 0 Å². The van der Waals surface area contributed by atoms with Crippen LogP contribution in [0.3, 0.4) is 0 Å². The van der Waals surface area contributed by atoms with Gasteiger partial charge in [-0.2, -0.15) is 0 Å². The summed E-state index contributed by atoms with van der Waals surface area (Å²) in [5, 5.41) is 19.5. The summed E-state index contributed by atoms with van der Waals surface area (Å²) in [6, 6.07) is 3.02. The maximum atomic E-state index is 13.7. The zero-order valence-electron chi connectivity index (χ0n) is 11.0. The highest BCUT2D eigenvalue weighted by Crippen LogP contribution is 2.21. The molecule has 1 unspecified atom stereocenters. The number of tetrazole rings is 1. The summed E-state index contributed by atoms with van der Waals surface area (Å²) in [7, 11) is 1.36. The van der Waals surface area contributed by atoms with Gasteiger partial charge in [0.2, 0.25) is 0 Å². The van der Waals surface area contributed by atoms with E-state index in [1.165, 1.54) is 17.9 Å². The van der Waals surface area contributed by atoms with Gasteiger partial charge in [-0.25, -0.2) is 13.5 Å². The number of benzene rings is 1. The lowest BCUT2D eigenvalue weighted by molar-refractivity contribution is -0.140. The fourth-order valence-corrected chi connectivity index (χ4v) is 1.80. The second-order valence-corrected chi connectivity index (χ2v) is 4.26. The summed E-state index contributed by atoms with van der Waals surface area (Å²) in [6.45, 7) is 0.0297. The molecule has 21 heavy (non-hydrogen) atoms. The molecule has 1 atom stereocenters. The molecule has 0 aliphatic rings. The number of carboxylic acid groups (broad SMARTS) is 1. The van der Waals surface area contributed by atoms with Crippen LogP contribution in [0.2, 0.25) is 0 Å². The van der Waals surface area contributed by atoms with E-state index in [4.69, 9.17) is 9.84 Å². The number of halogens is 2. The first kappa shape index (κ1) is 15.0. The normalized spacial score (nSPS) is 12.3. The highest BCUT2D eigenvalue weighted by Gasteiger charge is 2.19. The number of aliphatic carboxylic acids is 1. The molecule has 112 valence electrons. The average Bonchev–Trinajstić information content (AvgIpc) is 2.85. The highest BCUT2D eigenvalue weighted by atomic mass is 19.1. The van der Waals surface area contributed by atoms with E-state index in [0.717, 1.165) is 12.1 Å². The molecule has 0 radical (unpaired) electrons. The maximum absolute atomic E-state index is 13.7. The molecule has 1 aromatic heterocycles. The molecule has 0 aliphatic heterocycles. The quantitative estimate of drug-likeness (QED) is 0.859. The molecule has 0 bridgehead atoms. The van der Waals surface area contributed by atoms with Gasteiger partial charge in [-0.15, -0.1) is 5.10 Å². The molecule has 0 saturated heterocycles. The number of carboxylic acids is 1. The summed E-state index contributed by atoms with van der Waals surface area (Å²) in [5.41, 5.74) is 0.0200. The second kappa shape index (κ2) is 6.35. The largest absolute Gasteiger partial charge is 0.481 e. The van der Waals surface area contributed by atoms with E-state index < -0.39 is 23.7 Å². The van der Waals surface area contributed by atoms with E-state index in [0.29, 0.717) is 0 Å². The Balaban J connectivity index is 2.27. The van der Waals surface area contributed by atoms with Crippen molar-refractivity contribution in [2.45, 2.75) is 19.1 Å². The Bertz CT molecular complexity index is 647. The zero-order chi connectivity index (χ0) is 15.4. The Morgan fingerprint density at radius 3 is 2.86 bits per heavy atom. The predicted octanol–water partition coefficient (Wildman–Crippen LogP) is 1.11. The molecule has 0 saturated carbocycles. The first-order valence-electron chi connectivity index (χ1n) is 5.97. The van der Waals surface area contributed by atoms with Gasteiger partial charge in [0, 0.05) is 13.2 Å². The third-order valence-electron chi connectivity index (χ3n) is 2.82. The minimum atomic E-state index is -1.04. The number of hydrogen-bond acceptors (Lipinski definition) is 5. The van der Waals surface area contributed by atoms with Gasteiger partial charge in [0.25, 0.3) is 0 Å². The Hall–Kier alpha value is -2.42. The van der Waals surface area contributed by atoms with Gasteiger partial charge in [-0.1, -0.05) is 0 Å². The van der Waals surface area contributed by atoms with Crippen LogP contribution in [0.25, 0.3) is 11.4 Å². The summed E-state index contributed by atoms with van der Waals surface area (Å²) < 4.78 is 32.9. The lowest BCUT2D eigenvalue weighted by atomic mass is 10.2. The Morgan fingerprint density at radius 1 is 1.48 bits per heavy atom. The van der Waals surface area contributed by atoms with Gasteiger partial charge in [0.1, 0.15) is 11.6 Å². The van der Waals surface area contributed by atoms with Crippen LogP contribution in [0.4, 0.5) is 8.78 Å². The minimum absolute atomic E-state index is 0.0200. The van der Waals surface area contributed by atoms with Crippen molar-refractivity contribution in [1.82, 2.24) is 20.2 Å². The summed E-state index contributed by atoms with van der Waals surface area (Å²) in [4.78, 5) is 10.7. The van der Waals surface area contributed by atoms with Crippen LogP contribution >= 0.6 is 0 Å². The van der Waals surface area contributed by atoms with Crippen LogP contribution in [0.5, 0.6) is 0 Å². The number of ether oxygens (including phenoxy) is 1. The van der Waals surface area contributed by atoms with Crippen LogP contribution in [0.15, 0.2) is 18.2 Å². The van der Waals surface area contributed by atoms with Gasteiger partial charge in [-0.05, 0) is 22.6 Å². The second-order valence-electron chi connectivity index (χ2n) is 4.26. The fraction of sp³-hybridized carbons (Fsp3) is 0.333. The molecule has 0 aliphatic carbocycles. The topological polar surface area (TPSA) is 90.1 Å². The van der Waals surface area contributed by atoms with Gasteiger partial charge < -0.3 is 9.84 Å². The maximum Gasteiger partial charge on any atom is 0.306 e. The predicted molar refractivity (Wildman–Crippen MR) is 66.2 cm³/mol. The van der Waals surface area contributed by atoms with Gasteiger partial charge in [0.05, 0.1) is 24.6 Å². The van der Waals surface area contributed by atoms with E-state index in [1.54, 1.807) is 0 Å². The van der Waals surface area contributed by atoms with E-state index in [-0.39, 0.29) is 24.4 Å². The summed E-state index contributed by atoms with van der Waals surface area (Å²) in [5.74, 6) is -2.49. The molecule has 0 fully saturated rings. The third kappa shape index (κ3) is 3.57. The van der Waals surface area contributed by atoms with Crippen molar-refractivity contribution in [2.75, 3.05) is 7.11 Å².